The van der Waals surface area contributed by atoms with Gasteiger partial charge in [-0.1, -0.05) is 42.5 Å². The van der Waals surface area contributed by atoms with Crippen molar-refractivity contribution in [2.45, 2.75) is 13.0 Å². The molecule has 0 aliphatic heterocycles. The molecule has 0 radical (unpaired) electrons. The van der Waals surface area contributed by atoms with Gasteiger partial charge in [-0.2, -0.15) is 0 Å². The van der Waals surface area contributed by atoms with Crippen LogP contribution in [0.4, 0.5) is 5.69 Å². The number of amides is 2. The third-order valence-electron chi connectivity index (χ3n) is 4.49. The Hall–Kier alpha value is -3.12. The van der Waals surface area contributed by atoms with Gasteiger partial charge in [-0.05, 0) is 58.7 Å². The highest BCUT2D eigenvalue weighted by molar-refractivity contribution is 9.10. The molecule has 29 heavy (non-hydrogen) atoms. The first-order chi connectivity index (χ1) is 14.0. The lowest BCUT2D eigenvalue weighted by Gasteiger charge is -2.16. The number of benzene rings is 3. The van der Waals surface area contributed by atoms with Gasteiger partial charge in [-0.3, -0.25) is 9.59 Å². The minimum atomic E-state index is -0.341. The summed E-state index contributed by atoms with van der Waals surface area (Å²) < 4.78 is 5.83. The van der Waals surface area contributed by atoms with Gasteiger partial charge in [0.15, 0.2) is 0 Å². The summed E-state index contributed by atoms with van der Waals surface area (Å²) in [5.41, 5.74) is 2.24. The molecule has 3 aromatic carbocycles. The van der Waals surface area contributed by atoms with Gasteiger partial charge in [-0.15, -0.1) is 0 Å². The fraction of sp³-hybridized carbons (Fsp3) is 0.130. The highest BCUT2D eigenvalue weighted by Crippen LogP contribution is 2.25. The van der Waals surface area contributed by atoms with Crippen molar-refractivity contribution in [2.24, 2.45) is 0 Å². The van der Waals surface area contributed by atoms with Crippen molar-refractivity contribution in [1.82, 2.24) is 5.32 Å². The molecule has 0 aromatic heterocycles. The van der Waals surface area contributed by atoms with Crippen molar-refractivity contribution in [3.63, 3.8) is 0 Å². The van der Waals surface area contributed by atoms with Crippen LogP contribution in [-0.4, -0.2) is 18.9 Å². The second kappa shape index (κ2) is 9.39. The van der Waals surface area contributed by atoms with E-state index in [1.807, 2.05) is 37.3 Å². The fourth-order valence-electron chi connectivity index (χ4n) is 2.88. The summed E-state index contributed by atoms with van der Waals surface area (Å²) >= 11 is 3.38. The first kappa shape index (κ1) is 20.6. The summed E-state index contributed by atoms with van der Waals surface area (Å²) in [6, 6.07) is 21.6. The summed E-state index contributed by atoms with van der Waals surface area (Å²) in [5.74, 6) is -0.0323. The molecule has 6 heteroatoms. The first-order valence-electron chi connectivity index (χ1n) is 9.09. The molecule has 3 aromatic rings. The Morgan fingerprint density at radius 2 is 1.59 bits per heavy atom. The Balaban J connectivity index is 1.80. The van der Waals surface area contributed by atoms with Crippen molar-refractivity contribution in [1.29, 1.82) is 0 Å². The molecule has 0 saturated carbocycles. The molecule has 0 bridgehead atoms. The fourth-order valence-corrected chi connectivity index (χ4v) is 3.31. The molecule has 1 atom stereocenters. The number of hydrogen-bond acceptors (Lipinski definition) is 3. The van der Waals surface area contributed by atoms with Crippen molar-refractivity contribution in [3.8, 4) is 5.75 Å². The number of nitrogens with one attached hydrogen (secondary N) is 2. The number of para-hydroxylation sites is 1. The highest BCUT2D eigenvalue weighted by atomic mass is 79.9. The van der Waals surface area contributed by atoms with E-state index < -0.39 is 0 Å². The zero-order valence-electron chi connectivity index (χ0n) is 16.1. The van der Waals surface area contributed by atoms with Gasteiger partial charge in [0.2, 0.25) is 0 Å². The Bertz CT molecular complexity index is 1020. The van der Waals surface area contributed by atoms with Crippen LogP contribution in [0.3, 0.4) is 0 Å². The number of carbonyl (C=O) groups is 2. The van der Waals surface area contributed by atoms with Crippen LogP contribution in [0.5, 0.6) is 5.75 Å². The van der Waals surface area contributed by atoms with Crippen molar-refractivity contribution < 1.29 is 14.3 Å². The monoisotopic (exact) mass is 452 g/mol. The van der Waals surface area contributed by atoms with Crippen molar-refractivity contribution >= 4 is 33.4 Å². The molecule has 0 aliphatic rings. The molecule has 148 valence electrons. The average molecular weight is 453 g/mol. The van der Waals surface area contributed by atoms with Crippen LogP contribution in [0.1, 0.15) is 39.2 Å². The van der Waals surface area contributed by atoms with Crippen LogP contribution in [0, 0.1) is 0 Å². The summed E-state index contributed by atoms with van der Waals surface area (Å²) in [4.78, 5) is 25.6. The van der Waals surface area contributed by atoms with E-state index in [9.17, 15) is 9.59 Å². The van der Waals surface area contributed by atoms with E-state index in [4.69, 9.17) is 4.74 Å². The number of anilines is 1. The maximum atomic E-state index is 12.8. The van der Waals surface area contributed by atoms with Gasteiger partial charge < -0.3 is 15.4 Å². The second-order valence-corrected chi connectivity index (χ2v) is 7.31. The number of halogens is 1. The number of hydrogen-bond donors (Lipinski definition) is 2. The van der Waals surface area contributed by atoms with E-state index in [-0.39, 0.29) is 17.9 Å². The molecule has 2 amide bonds. The van der Waals surface area contributed by atoms with Crippen molar-refractivity contribution in [3.05, 3.63) is 94.0 Å². The van der Waals surface area contributed by atoms with Crippen LogP contribution in [-0.2, 0) is 0 Å². The summed E-state index contributed by atoms with van der Waals surface area (Å²) in [6.45, 7) is 1.92. The third-order valence-corrected chi connectivity index (χ3v) is 5.18. The SMILES string of the molecule is COc1ccc(Br)c(C(=O)Nc2ccccc2C(=O)N[C@@H](C)c2ccccc2)c1. The van der Waals surface area contributed by atoms with E-state index >= 15 is 0 Å². The van der Waals surface area contributed by atoms with Crippen LogP contribution in [0.25, 0.3) is 0 Å². The maximum Gasteiger partial charge on any atom is 0.256 e. The first-order valence-corrected chi connectivity index (χ1v) is 9.88. The Morgan fingerprint density at radius 3 is 2.31 bits per heavy atom. The predicted octanol–water partition coefficient (Wildman–Crippen LogP) is 5.20. The molecule has 0 aliphatic carbocycles. The third kappa shape index (κ3) is 5.03. The van der Waals surface area contributed by atoms with Crippen LogP contribution < -0.4 is 15.4 Å². The predicted molar refractivity (Wildman–Crippen MR) is 117 cm³/mol. The lowest BCUT2D eigenvalue weighted by Crippen LogP contribution is -2.28. The zero-order valence-corrected chi connectivity index (χ0v) is 17.7. The lowest BCUT2D eigenvalue weighted by molar-refractivity contribution is 0.0941. The van der Waals surface area contributed by atoms with E-state index in [2.05, 4.69) is 26.6 Å². The van der Waals surface area contributed by atoms with Gasteiger partial charge in [0, 0.05) is 4.47 Å². The second-order valence-electron chi connectivity index (χ2n) is 6.45. The molecular weight excluding hydrogens is 432 g/mol. The van der Waals surface area contributed by atoms with Gasteiger partial charge in [0.1, 0.15) is 5.75 Å². The molecule has 0 unspecified atom stereocenters. The van der Waals surface area contributed by atoms with Gasteiger partial charge >= 0.3 is 0 Å². The Kier molecular flexibility index (Phi) is 6.67. The summed E-state index contributed by atoms with van der Waals surface area (Å²) in [7, 11) is 1.54. The molecule has 0 saturated heterocycles. The number of carbonyl (C=O) groups excluding carboxylic acids is 2. The van der Waals surface area contributed by atoms with Crippen LogP contribution >= 0.6 is 15.9 Å². The van der Waals surface area contributed by atoms with Gasteiger partial charge in [0.25, 0.3) is 11.8 Å². The molecule has 0 heterocycles. The standard InChI is InChI=1S/C23H21BrN2O3/c1-15(16-8-4-3-5-9-16)25-22(27)18-10-6-7-11-21(18)26-23(28)19-14-17(29-2)12-13-20(19)24/h3-15H,1-2H3,(H,25,27)(H,26,28)/t15-/m0/s1. The largest absolute Gasteiger partial charge is 0.497 e. The molecule has 5 nitrogen and oxygen atoms in total. The molecular formula is C23H21BrN2O3. The van der Waals surface area contributed by atoms with E-state index in [1.54, 1.807) is 49.6 Å². The minimum absolute atomic E-state index is 0.167. The zero-order chi connectivity index (χ0) is 20.8. The topological polar surface area (TPSA) is 67.4 Å². The molecule has 2 N–H and O–H groups in total. The maximum absolute atomic E-state index is 12.8. The van der Waals surface area contributed by atoms with Gasteiger partial charge in [-0.25, -0.2) is 0 Å². The molecule has 3 rings (SSSR count). The van der Waals surface area contributed by atoms with Crippen molar-refractivity contribution in [2.75, 3.05) is 12.4 Å². The number of ether oxygens (including phenoxy) is 1. The minimum Gasteiger partial charge on any atom is -0.497 e. The molecule has 0 fully saturated rings. The van der Waals surface area contributed by atoms with Crippen LogP contribution in [0.15, 0.2) is 77.3 Å². The van der Waals surface area contributed by atoms with E-state index in [0.717, 1.165) is 5.56 Å². The molecule has 0 spiro atoms. The number of rotatable bonds is 6. The van der Waals surface area contributed by atoms with E-state index in [0.29, 0.717) is 27.0 Å². The van der Waals surface area contributed by atoms with Gasteiger partial charge in [0.05, 0.1) is 30.0 Å². The summed E-state index contributed by atoms with van der Waals surface area (Å²) in [6.07, 6.45) is 0. The Labute approximate surface area is 178 Å². The average Bonchev–Trinajstić information content (AvgIpc) is 2.75. The lowest BCUT2D eigenvalue weighted by atomic mass is 10.1. The van der Waals surface area contributed by atoms with E-state index in [1.165, 1.54) is 0 Å². The smallest absolute Gasteiger partial charge is 0.256 e. The Morgan fingerprint density at radius 1 is 0.897 bits per heavy atom. The normalized spacial score (nSPS) is 11.4. The van der Waals surface area contributed by atoms with Crippen LogP contribution in [0.2, 0.25) is 0 Å². The highest BCUT2D eigenvalue weighted by Gasteiger charge is 2.18. The summed E-state index contributed by atoms with van der Waals surface area (Å²) in [5, 5.41) is 5.80. The quantitative estimate of drug-likeness (QED) is 0.539. The number of methoxy groups -OCH3 is 1.